The zero-order valence-corrected chi connectivity index (χ0v) is 23.0. The molecule has 1 fully saturated rings. The van der Waals surface area contributed by atoms with Gasteiger partial charge in [-0.25, -0.2) is 8.42 Å². The Morgan fingerprint density at radius 1 is 1.00 bits per heavy atom. The zero-order chi connectivity index (χ0) is 27.1. The number of rotatable bonds is 10. The van der Waals surface area contributed by atoms with Crippen molar-refractivity contribution in [2.75, 3.05) is 44.8 Å². The number of anilines is 1. The Balaban J connectivity index is 1.50. The summed E-state index contributed by atoms with van der Waals surface area (Å²) in [6.07, 6.45) is 0.225. The summed E-state index contributed by atoms with van der Waals surface area (Å²) in [7, 11) is -2.41. The summed E-state index contributed by atoms with van der Waals surface area (Å²) in [4.78, 5) is 17.6. The second-order valence-corrected chi connectivity index (χ2v) is 11.0. The summed E-state index contributed by atoms with van der Waals surface area (Å²) in [5.41, 5.74) is 1.90. The van der Waals surface area contributed by atoms with Crippen molar-refractivity contribution in [2.45, 2.75) is 24.3 Å². The molecule has 0 spiro atoms. The number of methoxy groups -OCH3 is 1. The highest BCUT2D eigenvalue weighted by atomic mass is 35.5. The fraction of sp³-hybridized carbons (Fsp3) is 0.321. The fourth-order valence-electron chi connectivity index (χ4n) is 4.40. The molecule has 4 rings (SSSR count). The van der Waals surface area contributed by atoms with Gasteiger partial charge in [-0.3, -0.25) is 4.79 Å². The number of amides is 1. The summed E-state index contributed by atoms with van der Waals surface area (Å²) in [6, 6.07) is 20.5. The van der Waals surface area contributed by atoms with Crippen molar-refractivity contribution in [1.82, 2.24) is 9.62 Å². The van der Waals surface area contributed by atoms with E-state index in [0.29, 0.717) is 38.5 Å². The lowest BCUT2D eigenvalue weighted by molar-refractivity contribution is -0.133. The molecule has 0 bridgehead atoms. The van der Waals surface area contributed by atoms with Gasteiger partial charge in [0.25, 0.3) is 0 Å². The van der Waals surface area contributed by atoms with E-state index in [1.165, 1.54) is 18.2 Å². The van der Waals surface area contributed by atoms with Crippen molar-refractivity contribution >= 4 is 33.2 Å². The van der Waals surface area contributed by atoms with Gasteiger partial charge in [0.15, 0.2) is 0 Å². The number of sulfonamides is 1. The normalized spacial score (nSPS) is 14.7. The standard InChI is InChI=1S/C28H32ClN3O5S/c1-3-37-27-14-13-24(20-25(27)29)38(34,35)30-26(19-21-7-5-4-6-8-21)28(33)32-17-15-31(16-18-32)22-9-11-23(36-2)12-10-22/h4-14,20,26,30H,3,15-19H2,1-2H3. The molecule has 8 nitrogen and oxygen atoms in total. The van der Waals surface area contributed by atoms with Gasteiger partial charge in [-0.1, -0.05) is 41.9 Å². The van der Waals surface area contributed by atoms with Gasteiger partial charge in [0.2, 0.25) is 15.9 Å². The lowest BCUT2D eigenvalue weighted by Gasteiger charge is -2.37. The number of nitrogens with one attached hydrogen (secondary N) is 1. The van der Waals surface area contributed by atoms with Gasteiger partial charge < -0.3 is 19.3 Å². The number of ether oxygens (including phenoxy) is 2. The Hall–Kier alpha value is -3.27. The molecule has 1 atom stereocenters. The van der Waals surface area contributed by atoms with Crippen LogP contribution in [0.25, 0.3) is 0 Å². The van der Waals surface area contributed by atoms with E-state index in [4.69, 9.17) is 21.1 Å². The first-order valence-corrected chi connectivity index (χ1v) is 14.3. The predicted molar refractivity (Wildman–Crippen MR) is 149 cm³/mol. The van der Waals surface area contributed by atoms with Crippen molar-refractivity contribution in [3.8, 4) is 11.5 Å². The molecule has 0 aliphatic carbocycles. The van der Waals surface area contributed by atoms with E-state index >= 15 is 0 Å². The lowest BCUT2D eigenvalue weighted by Crippen LogP contribution is -2.55. The minimum Gasteiger partial charge on any atom is -0.497 e. The van der Waals surface area contributed by atoms with Crippen LogP contribution in [0.5, 0.6) is 11.5 Å². The maximum atomic E-state index is 13.7. The van der Waals surface area contributed by atoms with E-state index in [2.05, 4.69) is 9.62 Å². The van der Waals surface area contributed by atoms with Crippen LogP contribution in [0, 0.1) is 0 Å². The summed E-state index contributed by atoms with van der Waals surface area (Å²) < 4.78 is 40.0. The molecule has 0 radical (unpaired) electrons. The molecule has 1 saturated heterocycles. The Bertz CT molecular complexity index is 1330. The maximum absolute atomic E-state index is 13.7. The molecule has 1 aliphatic heterocycles. The predicted octanol–water partition coefficient (Wildman–Crippen LogP) is 3.99. The van der Waals surface area contributed by atoms with Crippen LogP contribution in [-0.4, -0.2) is 65.2 Å². The van der Waals surface area contributed by atoms with Crippen LogP contribution in [0.2, 0.25) is 5.02 Å². The van der Waals surface area contributed by atoms with E-state index in [9.17, 15) is 13.2 Å². The molecule has 1 N–H and O–H groups in total. The first-order valence-electron chi connectivity index (χ1n) is 12.5. The van der Waals surface area contributed by atoms with Crippen LogP contribution in [0.4, 0.5) is 5.69 Å². The third-order valence-electron chi connectivity index (χ3n) is 6.42. The highest BCUT2D eigenvalue weighted by Crippen LogP contribution is 2.28. The van der Waals surface area contributed by atoms with Gasteiger partial charge in [-0.05, 0) is 61.4 Å². The molecule has 0 aromatic heterocycles. The lowest BCUT2D eigenvalue weighted by atomic mass is 10.1. The monoisotopic (exact) mass is 557 g/mol. The van der Waals surface area contributed by atoms with Crippen LogP contribution in [0.1, 0.15) is 12.5 Å². The first-order chi connectivity index (χ1) is 18.3. The minimum atomic E-state index is -4.04. The van der Waals surface area contributed by atoms with Crippen molar-refractivity contribution in [1.29, 1.82) is 0 Å². The molecule has 10 heteroatoms. The van der Waals surface area contributed by atoms with Gasteiger partial charge in [0.1, 0.15) is 17.5 Å². The Kier molecular flexibility index (Phi) is 9.14. The number of hydrogen-bond acceptors (Lipinski definition) is 6. The highest BCUT2D eigenvalue weighted by molar-refractivity contribution is 7.89. The van der Waals surface area contributed by atoms with Crippen molar-refractivity contribution in [2.24, 2.45) is 0 Å². The van der Waals surface area contributed by atoms with E-state index in [-0.39, 0.29) is 22.2 Å². The summed E-state index contributed by atoms with van der Waals surface area (Å²) in [6.45, 7) is 4.46. The van der Waals surface area contributed by atoms with Crippen LogP contribution < -0.4 is 19.1 Å². The van der Waals surface area contributed by atoms with E-state index in [1.807, 2.05) is 61.5 Å². The average Bonchev–Trinajstić information content (AvgIpc) is 2.94. The van der Waals surface area contributed by atoms with E-state index in [0.717, 1.165) is 17.0 Å². The number of halogens is 1. The van der Waals surface area contributed by atoms with Crippen LogP contribution in [-0.2, 0) is 21.2 Å². The molecule has 202 valence electrons. The van der Waals surface area contributed by atoms with Crippen molar-refractivity contribution in [3.05, 3.63) is 83.4 Å². The number of carbonyl (C=O) groups is 1. The molecule has 1 aliphatic rings. The SMILES string of the molecule is CCOc1ccc(S(=O)(=O)NC(Cc2ccccc2)C(=O)N2CCN(c3ccc(OC)cc3)CC2)cc1Cl. The second kappa shape index (κ2) is 12.5. The first kappa shape index (κ1) is 27.8. The molecule has 1 unspecified atom stereocenters. The Labute approximate surface area is 229 Å². The van der Waals surface area contributed by atoms with Gasteiger partial charge in [0, 0.05) is 31.9 Å². The van der Waals surface area contributed by atoms with Crippen LogP contribution in [0.15, 0.2) is 77.7 Å². The molecule has 0 saturated carbocycles. The van der Waals surface area contributed by atoms with Gasteiger partial charge in [0.05, 0.1) is 23.6 Å². The summed E-state index contributed by atoms with van der Waals surface area (Å²) in [5, 5.41) is 0.190. The molecule has 3 aromatic carbocycles. The maximum Gasteiger partial charge on any atom is 0.241 e. The highest BCUT2D eigenvalue weighted by Gasteiger charge is 2.31. The molecule has 3 aromatic rings. The molecule has 1 heterocycles. The van der Waals surface area contributed by atoms with Gasteiger partial charge in [-0.2, -0.15) is 4.72 Å². The molecule has 1 amide bonds. The summed E-state index contributed by atoms with van der Waals surface area (Å²) >= 11 is 6.24. The third kappa shape index (κ3) is 6.78. The van der Waals surface area contributed by atoms with Gasteiger partial charge in [-0.15, -0.1) is 0 Å². The summed E-state index contributed by atoms with van der Waals surface area (Å²) in [5.74, 6) is 0.927. The number of benzene rings is 3. The topological polar surface area (TPSA) is 88.2 Å². The Morgan fingerprint density at radius 3 is 2.29 bits per heavy atom. The average molecular weight is 558 g/mol. The van der Waals surface area contributed by atoms with Crippen LogP contribution in [0.3, 0.4) is 0 Å². The number of hydrogen-bond donors (Lipinski definition) is 1. The van der Waals surface area contributed by atoms with Crippen LogP contribution >= 0.6 is 11.6 Å². The largest absolute Gasteiger partial charge is 0.497 e. The number of piperazine rings is 1. The quantitative estimate of drug-likeness (QED) is 0.406. The van der Waals surface area contributed by atoms with Gasteiger partial charge >= 0.3 is 0 Å². The number of nitrogens with zero attached hydrogens (tertiary/aromatic N) is 2. The molecular formula is C28H32ClN3O5S. The van der Waals surface area contributed by atoms with E-state index in [1.54, 1.807) is 12.0 Å². The smallest absolute Gasteiger partial charge is 0.241 e. The Morgan fingerprint density at radius 2 is 1.68 bits per heavy atom. The van der Waals surface area contributed by atoms with Crippen molar-refractivity contribution < 1.29 is 22.7 Å². The molecular weight excluding hydrogens is 526 g/mol. The molecule has 38 heavy (non-hydrogen) atoms. The minimum absolute atomic E-state index is 0.0267. The third-order valence-corrected chi connectivity index (χ3v) is 8.19. The second-order valence-electron chi connectivity index (χ2n) is 8.90. The van der Waals surface area contributed by atoms with E-state index < -0.39 is 16.1 Å². The zero-order valence-electron chi connectivity index (χ0n) is 21.5. The number of carbonyl (C=O) groups excluding carboxylic acids is 1. The fourth-order valence-corrected chi connectivity index (χ4v) is 5.92. The van der Waals surface area contributed by atoms with Crippen molar-refractivity contribution in [3.63, 3.8) is 0 Å².